The highest BCUT2D eigenvalue weighted by Crippen LogP contribution is 2.41. The smallest absolute Gasteiger partial charge is 0.367 e. The molecule has 2 atom stereocenters. The minimum atomic E-state index is -1.60. The number of rotatable bonds is 11. The third-order valence-electron chi connectivity index (χ3n) is 4.69. The monoisotopic (exact) mass is 638 g/mol. The van der Waals surface area contributed by atoms with Crippen molar-refractivity contribution in [3.8, 4) is 0 Å². The first-order valence-corrected chi connectivity index (χ1v) is 14.5. The Morgan fingerprint density at radius 1 is 1.39 bits per heavy atom. The van der Waals surface area contributed by atoms with Crippen molar-refractivity contribution in [1.82, 2.24) is 29.8 Å². The minimum Gasteiger partial charge on any atom is -0.477 e. The van der Waals surface area contributed by atoms with E-state index in [9.17, 15) is 29.1 Å². The van der Waals surface area contributed by atoms with Gasteiger partial charge in [0.1, 0.15) is 22.6 Å². The van der Waals surface area contributed by atoms with Gasteiger partial charge in [0.2, 0.25) is 27.9 Å². The van der Waals surface area contributed by atoms with Crippen molar-refractivity contribution >= 4 is 111 Å². The van der Waals surface area contributed by atoms with E-state index < -0.39 is 45.7 Å². The molecule has 200 valence electrons. The Balaban J connectivity index is 1.51. The normalized spacial score (nSPS) is 19.1. The summed E-state index contributed by atoms with van der Waals surface area (Å²) in [5, 5.41) is 24.9. The number of hydrogen-bond acceptors (Lipinski definition) is 15. The first-order chi connectivity index (χ1) is 18.2. The number of aromatic nitrogens is 4. The van der Waals surface area contributed by atoms with Gasteiger partial charge in [0.25, 0.3) is 11.8 Å². The zero-order chi connectivity index (χ0) is 27.4. The third kappa shape index (κ3) is 6.07. The number of halogens is 2. The second-order valence-corrected chi connectivity index (χ2v) is 12.0. The number of carbonyl (C=O) groups excluding carboxylic acids is 4. The van der Waals surface area contributed by atoms with Crippen LogP contribution in [0.5, 0.6) is 0 Å². The predicted molar refractivity (Wildman–Crippen MR) is 138 cm³/mol. The van der Waals surface area contributed by atoms with Gasteiger partial charge in [0.15, 0.2) is 4.34 Å². The standard InChI is InChI=1S/C17H12Cl2N8O7S4/c18-9(19)15(33)34-25-6(10-23-16(20-3-28)38-26-10)11(29)22-7-12(30)27-8(14(31)32)5(1-35-13(7)27)2-36-17-24-21-4-37-17/h3-4,7,9,13H,1-2H2,(H,22,29)(H,31,32)(H,20,23,26,28)/t7?,13-/m0/s1. The number of nitrogens with zero attached hydrogens (tertiary/aromatic N) is 6. The largest absolute Gasteiger partial charge is 0.477 e. The molecule has 0 aromatic carbocycles. The number of alkyl halides is 2. The molecule has 0 radical (unpaired) electrons. The summed E-state index contributed by atoms with van der Waals surface area (Å²) in [5.41, 5.74) is 1.29. The zero-order valence-electron chi connectivity index (χ0n) is 18.3. The van der Waals surface area contributed by atoms with Gasteiger partial charge in [-0.2, -0.15) is 9.36 Å². The van der Waals surface area contributed by atoms with E-state index in [4.69, 9.17) is 23.2 Å². The predicted octanol–water partition coefficient (Wildman–Crippen LogP) is 0.540. The molecular weight excluding hydrogens is 627 g/mol. The molecule has 1 fully saturated rings. The zero-order valence-corrected chi connectivity index (χ0v) is 23.0. The number of fused-ring (bicyclic) bond motifs is 1. The Labute approximate surface area is 238 Å². The van der Waals surface area contributed by atoms with E-state index in [1.54, 1.807) is 5.51 Å². The summed E-state index contributed by atoms with van der Waals surface area (Å²) in [6.07, 6.45) is 0.336. The Hall–Kier alpha value is -2.84. The first-order valence-electron chi connectivity index (χ1n) is 9.92. The summed E-state index contributed by atoms with van der Waals surface area (Å²) in [6, 6.07) is -1.12. The van der Waals surface area contributed by atoms with Crippen LogP contribution in [0.1, 0.15) is 5.82 Å². The van der Waals surface area contributed by atoms with Gasteiger partial charge in [0, 0.05) is 23.0 Å². The molecule has 2 aliphatic rings. The molecule has 2 aliphatic heterocycles. The van der Waals surface area contributed by atoms with Crippen molar-refractivity contribution in [3.63, 3.8) is 0 Å². The highest BCUT2D eigenvalue weighted by atomic mass is 35.5. The highest BCUT2D eigenvalue weighted by molar-refractivity contribution is 8.01. The van der Waals surface area contributed by atoms with Crippen LogP contribution in [0.25, 0.3) is 0 Å². The lowest BCUT2D eigenvalue weighted by Gasteiger charge is -2.49. The fourth-order valence-corrected chi connectivity index (χ4v) is 6.70. The number of hydrogen-bond donors (Lipinski definition) is 3. The molecule has 2 aromatic heterocycles. The number of carbonyl (C=O) groups is 5. The number of nitrogens with one attached hydrogen (secondary N) is 2. The maximum atomic E-state index is 13.0. The van der Waals surface area contributed by atoms with E-state index in [1.165, 1.54) is 34.9 Å². The van der Waals surface area contributed by atoms with Crippen molar-refractivity contribution in [3.05, 3.63) is 22.6 Å². The van der Waals surface area contributed by atoms with E-state index in [0.717, 1.165) is 4.90 Å². The lowest BCUT2D eigenvalue weighted by Crippen LogP contribution is -2.71. The van der Waals surface area contributed by atoms with Crippen LogP contribution in [-0.4, -0.2) is 93.2 Å². The summed E-state index contributed by atoms with van der Waals surface area (Å²) in [4.78, 5) is 68.3. The number of aliphatic carboxylic acids is 1. The Morgan fingerprint density at radius 2 is 2.18 bits per heavy atom. The molecule has 2 aromatic rings. The van der Waals surface area contributed by atoms with E-state index in [-0.39, 0.29) is 28.2 Å². The Kier molecular flexibility index (Phi) is 9.15. The second-order valence-electron chi connectivity index (χ2n) is 6.95. The molecule has 1 saturated heterocycles. The average molecular weight is 640 g/mol. The molecule has 15 nitrogen and oxygen atoms in total. The summed E-state index contributed by atoms with van der Waals surface area (Å²) in [6.45, 7) is 0. The lowest BCUT2D eigenvalue weighted by atomic mass is 10.0. The van der Waals surface area contributed by atoms with Gasteiger partial charge in [-0.1, -0.05) is 51.5 Å². The highest BCUT2D eigenvalue weighted by Gasteiger charge is 2.54. The molecule has 4 rings (SSSR count). The van der Waals surface area contributed by atoms with Gasteiger partial charge in [-0.15, -0.1) is 22.0 Å². The lowest BCUT2D eigenvalue weighted by molar-refractivity contribution is -0.150. The summed E-state index contributed by atoms with van der Waals surface area (Å²) in [7, 11) is 0. The van der Waals surface area contributed by atoms with Gasteiger partial charge in [0.05, 0.1) is 0 Å². The molecule has 4 heterocycles. The molecule has 3 N–H and O–H groups in total. The van der Waals surface area contributed by atoms with Crippen LogP contribution < -0.4 is 10.6 Å². The number of β-lactam (4-membered cyclic amide) rings is 1. The number of thioether (sulfide) groups is 2. The number of carboxylic acid groups (broad SMARTS) is 1. The van der Waals surface area contributed by atoms with E-state index >= 15 is 0 Å². The third-order valence-corrected chi connectivity index (χ3v) is 8.98. The quantitative estimate of drug-likeness (QED) is 0.0585. The van der Waals surface area contributed by atoms with Crippen LogP contribution in [0.2, 0.25) is 0 Å². The van der Waals surface area contributed by atoms with Gasteiger partial charge >= 0.3 is 11.9 Å². The number of anilines is 1. The van der Waals surface area contributed by atoms with Crippen LogP contribution in [-0.2, 0) is 28.8 Å². The SMILES string of the molecule is O=CNc1nc(C(=NOC(=O)C(Cl)Cl)C(=O)NC2C(=O)N3C(C(=O)O)=C(CSc4nncs4)CS[C@@H]23)ns1. The molecule has 0 aliphatic carbocycles. The minimum absolute atomic E-state index is 0.0123. The van der Waals surface area contributed by atoms with Gasteiger partial charge in [-0.05, 0) is 5.57 Å². The topological polar surface area (TPSA) is 206 Å². The fraction of sp³-hybridized carbons (Fsp3) is 0.294. The van der Waals surface area contributed by atoms with Crippen LogP contribution in [0.3, 0.4) is 0 Å². The van der Waals surface area contributed by atoms with Crippen molar-refractivity contribution in [1.29, 1.82) is 0 Å². The van der Waals surface area contributed by atoms with Crippen molar-refractivity contribution < 1.29 is 33.9 Å². The van der Waals surface area contributed by atoms with Crippen molar-refractivity contribution in [2.24, 2.45) is 5.16 Å². The second kappa shape index (κ2) is 12.3. The van der Waals surface area contributed by atoms with Gasteiger partial charge in [-0.3, -0.25) is 19.3 Å². The summed E-state index contributed by atoms with van der Waals surface area (Å²) in [5.74, 6) is -3.90. The first kappa shape index (κ1) is 28.2. The van der Waals surface area contributed by atoms with Gasteiger partial charge in [-0.25, -0.2) is 9.59 Å². The van der Waals surface area contributed by atoms with Crippen molar-refractivity contribution in [2.75, 3.05) is 16.8 Å². The number of amides is 3. The van der Waals surface area contributed by atoms with Crippen LogP contribution >= 0.6 is 69.6 Å². The molecular formula is C17H12Cl2N8O7S4. The average Bonchev–Trinajstić information content (AvgIpc) is 3.58. The molecule has 1 unspecified atom stereocenters. The molecule has 3 amide bonds. The maximum absolute atomic E-state index is 13.0. The number of carboxylic acids is 1. The van der Waals surface area contributed by atoms with E-state index in [2.05, 4.69) is 40.2 Å². The van der Waals surface area contributed by atoms with E-state index in [1.807, 2.05) is 0 Å². The number of oxime groups is 1. The van der Waals surface area contributed by atoms with Gasteiger partial charge < -0.3 is 20.6 Å². The fourth-order valence-electron chi connectivity index (χ4n) is 3.12. The maximum Gasteiger partial charge on any atom is 0.367 e. The van der Waals surface area contributed by atoms with Crippen LogP contribution in [0.4, 0.5) is 5.13 Å². The molecule has 0 saturated carbocycles. The van der Waals surface area contributed by atoms with E-state index in [0.29, 0.717) is 27.9 Å². The molecule has 21 heteroatoms. The molecule has 38 heavy (non-hydrogen) atoms. The molecule has 0 spiro atoms. The Bertz CT molecular complexity index is 1340. The molecule has 0 bridgehead atoms. The summed E-state index contributed by atoms with van der Waals surface area (Å²) < 4.78 is 4.53. The Morgan fingerprint density at radius 3 is 2.84 bits per heavy atom. The van der Waals surface area contributed by atoms with Crippen LogP contribution in [0.15, 0.2) is 26.3 Å². The van der Waals surface area contributed by atoms with Crippen molar-refractivity contribution in [2.45, 2.75) is 20.6 Å². The summed E-state index contributed by atoms with van der Waals surface area (Å²) >= 11 is 15.4. The van der Waals surface area contributed by atoms with Crippen LogP contribution in [0, 0.1) is 0 Å².